The van der Waals surface area contributed by atoms with Crippen LogP contribution in [0.3, 0.4) is 0 Å². The van der Waals surface area contributed by atoms with Crippen molar-refractivity contribution in [2.24, 2.45) is 0 Å². The van der Waals surface area contributed by atoms with E-state index < -0.39 is 0 Å². The van der Waals surface area contributed by atoms with E-state index in [9.17, 15) is 0 Å². The predicted octanol–water partition coefficient (Wildman–Crippen LogP) is 2.44. The van der Waals surface area contributed by atoms with Crippen LogP contribution in [0.25, 0.3) is 11.2 Å². The third kappa shape index (κ3) is 2.17. The SMILES string of the molecule is Clc1nc(N2CCNc3ccccc3C2)c2[nH]cnc2n1. The van der Waals surface area contributed by atoms with Gasteiger partial charge in [-0.1, -0.05) is 18.2 Å². The number of benzene rings is 1. The second-order valence-corrected chi connectivity index (χ2v) is 5.26. The summed E-state index contributed by atoms with van der Waals surface area (Å²) in [4.78, 5) is 18.0. The first-order valence-corrected chi connectivity index (χ1v) is 7.12. The van der Waals surface area contributed by atoms with Crippen molar-refractivity contribution in [2.45, 2.75) is 6.54 Å². The van der Waals surface area contributed by atoms with E-state index in [1.54, 1.807) is 6.33 Å². The Morgan fingerprint density at radius 3 is 3.05 bits per heavy atom. The zero-order chi connectivity index (χ0) is 14.2. The van der Waals surface area contributed by atoms with Crippen molar-refractivity contribution in [3.8, 4) is 0 Å². The van der Waals surface area contributed by atoms with E-state index in [0.29, 0.717) is 5.65 Å². The van der Waals surface area contributed by atoms with Gasteiger partial charge >= 0.3 is 0 Å². The monoisotopic (exact) mass is 300 g/mol. The number of aromatic amines is 1. The number of hydrogen-bond donors (Lipinski definition) is 2. The summed E-state index contributed by atoms with van der Waals surface area (Å²) in [7, 11) is 0. The van der Waals surface area contributed by atoms with E-state index in [4.69, 9.17) is 11.6 Å². The smallest absolute Gasteiger partial charge is 0.226 e. The first-order valence-electron chi connectivity index (χ1n) is 6.74. The summed E-state index contributed by atoms with van der Waals surface area (Å²) in [5, 5.41) is 3.66. The molecule has 0 spiro atoms. The number of imidazole rings is 1. The lowest BCUT2D eigenvalue weighted by atomic mass is 10.1. The molecule has 0 fully saturated rings. The molecular formula is C14H13ClN6. The minimum atomic E-state index is 0.218. The fourth-order valence-corrected chi connectivity index (χ4v) is 2.80. The van der Waals surface area contributed by atoms with Gasteiger partial charge in [0.25, 0.3) is 0 Å². The van der Waals surface area contributed by atoms with Crippen LogP contribution in [0.15, 0.2) is 30.6 Å². The first-order chi connectivity index (χ1) is 10.3. The van der Waals surface area contributed by atoms with Gasteiger partial charge in [-0.25, -0.2) is 4.98 Å². The molecule has 2 aromatic heterocycles. The van der Waals surface area contributed by atoms with Crippen molar-refractivity contribution < 1.29 is 0 Å². The molecule has 3 heterocycles. The minimum absolute atomic E-state index is 0.218. The Bertz CT molecular complexity index is 799. The van der Waals surface area contributed by atoms with Gasteiger partial charge in [0.1, 0.15) is 5.52 Å². The van der Waals surface area contributed by atoms with Gasteiger partial charge in [0.15, 0.2) is 11.5 Å². The van der Waals surface area contributed by atoms with Gasteiger partial charge in [0.2, 0.25) is 5.28 Å². The second-order valence-electron chi connectivity index (χ2n) is 4.92. The molecule has 0 saturated heterocycles. The molecule has 6 nitrogen and oxygen atoms in total. The van der Waals surface area contributed by atoms with Crippen LogP contribution >= 0.6 is 11.6 Å². The van der Waals surface area contributed by atoms with Crippen LogP contribution in [0, 0.1) is 0 Å². The molecule has 7 heteroatoms. The lowest BCUT2D eigenvalue weighted by Gasteiger charge is -2.21. The van der Waals surface area contributed by atoms with E-state index in [2.05, 4.69) is 42.3 Å². The number of rotatable bonds is 1. The molecule has 0 aliphatic carbocycles. The van der Waals surface area contributed by atoms with Crippen molar-refractivity contribution >= 4 is 34.3 Å². The molecular weight excluding hydrogens is 288 g/mol. The van der Waals surface area contributed by atoms with Gasteiger partial charge in [-0.05, 0) is 23.2 Å². The number of fused-ring (bicyclic) bond motifs is 2. The third-order valence-corrected chi connectivity index (χ3v) is 3.78. The molecule has 0 saturated carbocycles. The highest BCUT2D eigenvalue weighted by Gasteiger charge is 2.19. The van der Waals surface area contributed by atoms with Gasteiger partial charge < -0.3 is 15.2 Å². The Labute approximate surface area is 126 Å². The molecule has 0 amide bonds. The lowest BCUT2D eigenvalue weighted by molar-refractivity contribution is 0.812. The molecule has 1 aliphatic rings. The molecule has 4 rings (SSSR count). The summed E-state index contributed by atoms with van der Waals surface area (Å²) in [5.74, 6) is 0.793. The molecule has 106 valence electrons. The highest BCUT2D eigenvalue weighted by atomic mass is 35.5. The largest absolute Gasteiger partial charge is 0.383 e. The Morgan fingerprint density at radius 1 is 1.19 bits per heavy atom. The highest BCUT2D eigenvalue weighted by molar-refractivity contribution is 6.28. The number of halogens is 1. The number of anilines is 2. The number of nitrogens with one attached hydrogen (secondary N) is 2. The van der Waals surface area contributed by atoms with Crippen molar-refractivity contribution in [3.63, 3.8) is 0 Å². The number of hydrogen-bond acceptors (Lipinski definition) is 5. The molecule has 1 aromatic carbocycles. The summed E-state index contributed by atoms with van der Waals surface area (Å²) in [5.41, 5.74) is 3.81. The van der Waals surface area contributed by atoms with Crippen LogP contribution in [0.5, 0.6) is 0 Å². The molecule has 0 unspecified atom stereocenters. The van der Waals surface area contributed by atoms with E-state index in [0.717, 1.165) is 31.0 Å². The Morgan fingerprint density at radius 2 is 2.10 bits per heavy atom. The predicted molar refractivity (Wildman–Crippen MR) is 82.7 cm³/mol. The molecule has 0 atom stereocenters. The van der Waals surface area contributed by atoms with Crippen LogP contribution in [0.4, 0.5) is 11.5 Å². The number of aromatic nitrogens is 4. The van der Waals surface area contributed by atoms with Crippen LogP contribution < -0.4 is 10.2 Å². The Hall–Kier alpha value is -2.34. The molecule has 3 aromatic rings. The van der Waals surface area contributed by atoms with Crippen LogP contribution in [0.1, 0.15) is 5.56 Å². The fraction of sp³-hybridized carbons (Fsp3) is 0.214. The second kappa shape index (κ2) is 4.89. The van der Waals surface area contributed by atoms with Crippen LogP contribution in [-0.2, 0) is 6.54 Å². The minimum Gasteiger partial charge on any atom is -0.383 e. The van der Waals surface area contributed by atoms with Crippen LogP contribution in [-0.4, -0.2) is 33.0 Å². The van der Waals surface area contributed by atoms with E-state index in [1.165, 1.54) is 11.3 Å². The summed E-state index contributed by atoms with van der Waals surface area (Å²) >= 11 is 6.02. The zero-order valence-corrected chi connectivity index (χ0v) is 11.9. The number of para-hydroxylation sites is 1. The maximum atomic E-state index is 6.02. The summed E-state index contributed by atoms with van der Waals surface area (Å²) in [6.07, 6.45) is 1.61. The first kappa shape index (κ1) is 12.4. The third-order valence-electron chi connectivity index (χ3n) is 3.61. The van der Waals surface area contributed by atoms with Crippen LogP contribution in [0.2, 0.25) is 5.28 Å². The maximum absolute atomic E-state index is 6.02. The summed E-state index contributed by atoms with van der Waals surface area (Å²) in [6, 6.07) is 8.30. The molecule has 21 heavy (non-hydrogen) atoms. The Kier molecular flexibility index (Phi) is 2.89. The standard InChI is InChI=1S/C14H13ClN6/c15-14-19-12-11(17-8-18-12)13(20-14)21-6-5-16-10-4-2-1-3-9(10)7-21/h1-4,8,16H,5-7H2,(H,17,18,19,20). The van der Waals surface area contributed by atoms with Gasteiger partial charge in [-0.2, -0.15) is 9.97 Å². The van der Waals surface area contributed by atoms with Crippen molar-refractivity contribution in [2.75, 3.05) is 23.3 Å². The molecule has 0 radical (unpaired) electrons. The lowest BCUT2D eigenvalue weighted by Crippen LogP contribution is -2.27. The quantitative estimate of drug-likeness (QED) is 0.676. The maximum Gasteiger partial charge on any atom is 0.226 e. The summed E-state index contributed by atoms with van der Waals surface area (Å²) in [6.45, 7) is 2.44. The topological polar surface area (TPSA) is 69.7 Å². The normalized spacial score (nSPS) is 14.6. The summed E-state index contributed by atoms with van der Waals surface area (Å²) < 4.78 is 0. The zero-order valence-electron chi connectivity index (χ0n) is 11.2. The molecule has 2 N–H and O–H groups in total. The van der Waals surface area contributed by atoms with E-state index in [-0.39, 0.29) is 5.28 Å². The van der Waals surface area contributed by atoms with Crippen molar-refractivity contribution in [1.29, 1.82) is 0 Å². The van der Waals surface area contributed by atoms with E-state index >= 15 is 0 Å². The average Bonchev–Trinajstić information content (AvgIpc) is 2.84. The molecule has 1 aliphatic heterocycles. The highest BCUT2D eigenvalue weighted by Crippen LogP contribution is 2.27. The van der Waals surface area contributed by atoms with Gasteiger partial charge in [0, 0.05) is 25.3 Å². The average molecular weight is 301 g/mol. The Balaban J connectivity index is 1.80. The molecule has 0 bridgehead atoms. The fourth-order valence-electron chi connectivity index (χ4n) is 2.64. The van der Waals surface area contributed by atoms with Gasteiger partial charge in [-0.15, -0.1) is 0 Å². The van der Waals surface area contributed by atoms with Gasteiger partial charge in [0.05, 0.1) is 6.33 Å². The number of nitrogens with zero attached hydrogens (tertiary/aromatic N) is 4. The van der Waals surface area contributed by atoms with Crippen molar-refractivity contribution in [3.05, 3.63) is 41.4 Å². The van der Waals surface area contributed by atoms with Crippen molar-refractivity contribution in [1.82, 2.24) is 19.9 Å². The number of H-pyrrole nitrogens is 1. The van der Waals surface area contributed by atoms with E-state index in [1.807, 2.05) is 12.1 Å². The van der Waals surface area contributed by atoms with Gasteiger partial charge in [-0.3, -0.25) is 0 Å².